The van der Waals surface area contributed by atoms with Crippen molar-refractivity contribution in [2.45, 2.75) is 38.3 Å². The predicted octanol–water partition coefficient (Wildman–Crippen LogP) is 3.88. The number of halogens is 3. The summed E-state index contributed by atoms with van der Waals surface area (Å²) < 4.78 is 37.9. The molecule has 1 aromatic carbocycles. The van der Waals surface area contributed by atoms with Crippen LogP contribution in [0.5, 0.6) is 0 Å². The summed E-state index contributed by atoms with van der Waals surface area (Å²) in [6.07, 6.45) is -4.56. The van der Waals surface area contributed by atoms with Crippen molar-refractivity contribution in [2.24, 2.45) is 11.7 Å². The predicted molar refractivity (Wildman–Crippen MR) is 67.3 cm³/mol. The maximum atomic E-state index is 12.6. The molecule has 0 radical (unpaired) electrons. The second-order valence-electron chi connectivity index (χ2n) is 5.18. The Hall–Kier alpha value is -1.03. The summed E-state index contributed by atoms with van der Waals surface area (Å²) in [6, 6.07) is 9.31. The topological polar surface area (TPSA) is 26.0 Å². The van der Waals surface area contributed by atoms with Gasteiger partial charge < -0.3 is 5.73 Å². The smallest absolute Gasteiger partial charge is 0.330 e. The summed E-state index contributed by atoms with van der Waals surface area (Å²) in [5.41, 5.74) is 5.85. The zero-order valence-corrected chi connectivity index (χ0v) is 10.8. The molecule has 0 saturated carbocycles. The molecule has 0 aliphatic heterocycles. The van der Waals surface area contributed by atoms with Gasteiger partial charge in [0.25, 0.3) is 0 Å². The highest BCUT2D eigenvalue weighted by molar-refractivity contribution is 5.24. The molecule has 1 atom stereocenters. The third kappa shape index (κ3) is 4.02. The summed E-state index contributed by atoms with van der Waals surface area (Å²) in [5.74, 6) is -0.495. The minimum absolute atomic E-state index is 0.275. The highest BCUT2D eigenvalue weighted by Crippen LogP contribution is 2.40. The first-order chi connectivity index (χ1) is 8.27. The molecule has 18 heavy (non-hydrogen) atoms. The van der Waals surface area contributed by atoms with Crippen molar-refractivity contribution in [3.63, 3.8) is 0 Å². The lowest BCUT2D eigenvalue weighted by molar-refractivity contribution is -0.149. The summed E-state index contributed by atoms with van der Waals surface area (Å²) in [5, 5.41) is 0. The van der Waals surface area contributed by atoms with Gasteiger partial charge in [-0.05, 0) is 29.9 Å². The van der Waals surface area contributed by atoms with Crippen LogP contribution < -0.4 is 5.73 Å². The molecule has 1 nitrogen and oxygen atoms in total. The number of hydrogen-bond acceptors (Lipinski definition) is 1. The maximum Gasteiger partial charge on any atom is 0.389 e. The van der Waals surface area contributed by atoms with E-state index in [1.165, 1.54) is 0 Å². The Balaban J connectivity index is 2.96. The fourth-order valence-electron chi connectivity index (χ4n) is 2.30. The summed E-state index contributed by atoms with van der Waals surface area (Å²) in [4.78, 5) is 0. The van der Waals surface area contributed by atoms with Crippen molar-refractivity contribution in [3.8, 4) is 0 Å². The molecule has 1 aromatic rings. The Labute approximate surface area is 106 Å². The molecular weight excluding hydrogens is 239 g/mol. The summed E-state index contributed by atoms with van der Waals surface area (Å²) in [7, 11) is 0. The molecular formula is C14H20F3N. The van der Waals surface area contributed by atoms with Crippen molar-refractivity contribution in [1.82, 2.24) is 0 Å². The zero-order chi connectivity index (χ0) is 13.8. The highest BCUT2D eigenvalue weighted by Gasteiger charge is 2.39. The lowest BCUT2D eigenvalue weighted by Gasteiger charge is -2.35. The van der Waals surface area contributed by atoms with Gasteiger partial charge in [-0.25, -0.2) is 0 Å². The zero-order valence-electron chi connectivity index (χ0n) is 10.8. The van der Waals surface area contributed by atoms with Gasteiger partial charge in [-0.3, -0.25) is 0 Å². The van der Waals surface area contributed by atoms with Crippen LogP contribution in [0.25, 0.3) is 0 Å². The quantitative estimate of drug-likeness (QED) is 0.853. The fraction of sp³-hybridized carbons (Fsp3) is 0.571. The third-order valence-electron chi connectivity index (χ3n) is 3.53. The normalized spacial score (nSPS) is 14.6. The van der Waals surface area contributed by atoms with Crippen molar-refractivity contribution >= 4 is 0 Å². The minimum Gasteiger partial charge on any atom is -0.330 e. The van der Waals surface area contributed by atoms with Crippen molar-refractivity contribution < 1.29 is 13.2 Å². The standard InChI is InChI=1S/C14H20F3N/c1-13(2,11-6-4-3-5-7-11)12(8-9-18)10-14(15,16)17/h3-7,12H,8-10,18H2,1-2H3. The number of benzene rings is 1. The van der Waals surface area contributed by atoms with Crippen LogP contribution in [0.15, 0.2) is 30.3 Å². The van der Waals surface area contributed by atoms with Crippen LogP contribution in [0.4, 0.5) is 13.2 Å². The molecule has 0 saturated heterocycles. The molecule has 1 rings (SSSR count). The Morgan fingerprint density at radius 1 is 1.11 bits per heavy atom. The van der Waals surface area contributed by atoms with E-state index in [0.29, 0.717) is 6.42 Å². The first kappa shape index (κ1) is 15.0. The van der Waals surface area contributed by atoms with Gasteiger partial charge in [0.05, 0.1) is 0 Å². The van der Waals surface area contributed by atoms with Crippen LogP contribution >= 0.6 is 0 Å². The minimum atomic E-state index is -4.15. The average Bonchev–Trinajstić information content (AvgIpc) is 2.28. The monoisotopic (exact) mass is 259 g/mol. The molecule has 4 heteroatoms. The van der Waals surface area contributed by atoms with E-state index >= 15 is 0 Å². The maximum absolute atomic E-state index is 12.6. The first-order valence-electron chi connectivity index (χ1n) is 6.09. The second kappa shape index (κ2) is 5.74. The van der Waals surface area contributed by atoms with Crippen molar-refractivity contribution in [1.29, 1.82) is 0 Å². The molecule has 0 spiro atoms. The van der Waals surface area contributed by atoms with Gasteiger partial charge in [0.1, 0.15) is 0 Å². The van der Waals surface area contributed by atoms with Gasteiger partial charge in [-0.15, -0.1) is 0 Å². The van der Waals surface area contributed by atoms with Crippen LogP contribution in [0.3, 0.4) is 0 Å². The van der Waals surface area contributed by atoms with E-state index in [-0.39, 0.29) is 6.54 Å². The highest BCUT2D eigenvalue weighted by atomic mass is 19.4. The molecule has 102 valence electrons. The number of nitrogens with two attached hydrogens (primary N) is 1. The third-order valence-corrected chi connectivity index (χ3v) is 3.53. The molecule has 0 bridgehead atoms. The average molecular weight is 259 g/mol. The van der Waals surface area contributed by atoms with Crippen molar-refractivity contribution in [2.75, 3.05) is 6.54 Å². The summed E-state index contributed by atoms with van der Waals surface area (Å²) >= 11 is 0. The lowest BCUT2D eigenvalue weighted by Crippen LogP contribution is -2.34. The summed E-state index contributed by atoms with van der Waals surface area (Å²) in [6.45, 7) is 3.99. The van der Waals surface area contributed by atoms with E-state index in [2.05, 4.69) is 0 Å². The molecule has 0 aliphatic rings. The lowest BCUT2D eigenvalue weighted by atomic mass is 9.70. The number of alkyl halides is 3. The van der Waals surface area contributed by atoms with Gasteiger partial charge >= 0.3 is 6.18 Å². The van der Waals surface area contributed by atoms with E-state index in [1.54, 1.807) is 0 Å². The Morgan fingerprint density at radius 2 is 1.67 bits per heavy atom. The molecule has 0 aromatic heterocycles. The van der Waals surface area contributed by atoms with Crippen LogP contribution in [-0.2, 0) is 5.41 Å². The molecule has 0 heterocycles. The van der Waals surface area contributed by atoms with Gasteiger partial charge in [0, 0.05) is 6.42 Å². The Morgan fingerprint density at radius 3 is 2.11 bits per heavy atom. The Bertz CT molecular complexity index is 357. The fourth-order valence-corrected chi connectivity index (χ4v) is 2.30. The number of hydrogen-bond donors (Lipinski definition) is 1. The number of rotatable bonds is 5. The van der Waals surface area contributed by atoms with E-state index in [1.807, 2.05) is 44.2 Å². The van der Waals surface area contributed by atoms with Crippen LogP contribution in [-0.4, -0.2) is 12.7 Å². The van der Waals surface area contributed by atoms with E-state index < -0.39 is 23.9 Å². The molecule has 0 amide bonds. The second-order valence-corrected chi connectivity index (χ2v) is 5.18. The van der Waals surface area contributed by atoms with Gasteiger partial charge in [-0.1, -0.05) is 44.2 Å². The van der Waals surface area contributed by atoms with Crippen LogP contribution in [0.1, 0.15) is 32.3 Å². The SMILES string of the molecule is CC(C)(c1ccccc1)C(CCN)CC(F)(F)F. The van der Waals surface area contributed by atoms with Crippen molar-refractivity contribution in [3.05, 3.63) is 35.9 Å². The van der Waals surface area contributed by atoms with Gasteiger partial charge in [0.2, 0.25) is 0 Å². The Kier molecular flexibility index (Phi) is 4.79. The van der Waals surface area contributed by atoms with E-state index in [4.69, 9.17) is 5.73 Å². The molecule has 0 fully saturated rings. The van der Waals surface area contributed by atoms with E-state index in [0.717, 1.165) is 5.56 Å². The van der Waals surface area contributed by atoms with E-state index in [9.17, 15) is 13.2 Å². The van der Waals surface area contributed by atoms with Gasteiger partial charge in [-0.2, -0.15) is 13.2 Å². The molecule has 1 unspecified atom stereocenters. The first-order valence-corrected chi connectivity index (χ1v) is 6.09. The largest absolute Gasteiger partial charge is 0.389 e. The molecule has 2 N–H and O–H groups in total. The van der Waals surface area contributed by atoms with Gasteiger partial charge in [0.15, 0.2) is 0 Å². The van der Waals surface area contributed by atoms with Crippen LogP contribution in [0.2, 0.25) is 0 Å². The molecule has 0 aliphatic carbocycles. The van der Waals surface area contributed by atoms with Crippen LogP contribution in [0, 0.1) is 5.92 Å².